The fraction of sp³-hybridized carbons (Fsp3) is 0. The third kappa shape index (κ3) is 1.28. The molecule has 1 aliphatic heterocycles. The van der Waals surface area contributed by atoms with Gasteiger partial charge >= 0.3 is 0 Å². The van der Waals surface area contributed by atoms with Crippen LogP contribution in [0.4, 0.5) is 0 Å². The van der Waals surface area contributed by atoms with Crippen molar-refractivity contribution >= 4 is 21.8 Å². The van der Waals surface area contributed by atoms with Gasteiger partial charge in [-0.1, -0.05) is 6.07 Å². The van der Waals surface area contributed by atoms with E-state index in [1.54, 1.807) is 4.72 Å². The maximum Gasteiger partial charge on any atom is 0.266 e. The number of primary amides is 1. The van der Waals surface area contributed by atoms with Gasteiger partial charge in [-0.15, -0.1) is 0 Å². The quantitative estimate of drug-likeness (QED) is 0.654. The molecule has 0 saturated heterocycles. The summed E-state index contributed by atoms with van der Waals surface area (Å²) in [5.74, 6) is -1.62. The molecule has 1 heterocycles. The van der Waals surface area contributed by atoms with Crippen LogP contribution in [0.1, 0.15) is 20.7 Å². The first-order chi connectivity index (χ1) is 6.93. The third-order valence-electron chi connectivity index (χ3n) is 2.02. The van der Waals surface area contributed by atoms with E-state index in [0.717, 1.165) is 0 Å². The van der Waals surface area contributed by atoms with Crippen LogP contribution in [0.15, 0.2) is 23.1 Å². The van der Waals surface area contributed by atoms with Crippen molar-refractivity contribution in [1.82, 2.24) is 4.72 Å². The lowest BCUT2D eigenvalue weighted by atomic mass is 10.1. The van der Waals surface area contributed by atoms with Gasteiger partial charge in [-0.05, 0) is 12.1 Å². The minimum atomic E-state index is -3.93. The van der Waals surface area contributed by atoms with Gasteiger partial charge in [0, 0.05) is 0 Å². The van der Waals surface area contributed by atoms with Crippen molar-refractivity contribution in [3.63, 3.8) is 0 Å². The van der Waals surface area contributed by atoms with Gasteiger partial charge < -0.3 is 5.73 Å². The first-order valence-corrected chi connectivity index (χ1v) is 5.42. The van der Waals surface area contributed by atoms with Gasteiger partial charge in [-0.3, -0.25) is 9.59 Å². The molecule has 1 aliphatic rings. The Morgan fingerprint density at radius 1 is 1.33 bits per heavy atom. The second kappa shape index (κ2) is 2.80. The Balaban J connectivity index is 2.87. The first-order valence-electron chi connectivity index (χ1n) is 3.93. The molecule has 1 aromatic rings. The molecule has 0 atom stereocenters. The molecule has 6 nitrogen and oxygen atoms in total. The van der Waals surface area contributed by atoms with Crippen LogP contribution >= 0.6 is 0 Å². The Labute approximate surface area is 85.1 Å². The summed E-state index contributed by atoms with van der Waals surface area (Å²) in [5.41, 5.74) is 4.79. The second-order valence-electron chi connectivity index (χ2n) is 2.98. The molecule has 0 radical (unpaired) electrons. The number of amides is 2. The van der Waals surface area contributed by atoms with Crippen molar-refractivity contribution < 1.29 is 18.0 Å². The van der Waals surface area contributed by atoms with Gasteiger partial charge in [0.1, 0.15) is 4.90 Å². The number of nitrogens with two attached hydrogens (primary N) is 1. The fourth-order valence-electron chi connectivity index (χ4n) is 1.43. The van der Waals surface area contributed by atoms with Gasteiger partial charge in [0.2, 0.25) is 5.91 Å². The van der Waals surface area contributed by atoms with E-state index in [0.29, 0.717) is 0 Å². The molecule has 78 valence electrons. The Bertz CT molecular complexity index is 576. The minimum absolute atomic E-state index is 0.0497. The fourth-order valence-corrected chi connectivity index (χ4v) is 2.79. The van der Waals surface area contributed by atoms with Gasteiger partial charge in [0.05, 0.1) is 11.1 Å². The summed E-state index contributed by atoms with van der Waals surface area (Å²) in [5, 5.41) is 0. The lowest BCUT2D eigenvalue weighted by molar-refractivity contribution is 0.0985. The molecule has 0 saturated carbocycles. The Morgan fingerprint density at radius 2 is 2.00 bits per heavy atom. The number of hydrogen-bond acceptors (Lipinski definition) is 4. The average molecular weight is 226 g/mol. The van der Waals surface area contributed by atoms with Gasteiger partial charge in [-0.25, -0.2) is 13.1 Å². The van der Waals surface area contributed by atoms with Crippen molar-refractivity contribution in [3.05, 3.63) is 29.3 Å². The summed E-state index contributed by atoms with van der Waals surface area (Å²) in [6.07, 6.45) is 0. The van der Waals surface area contributed by atoms with E-state index in [4.69, 9.17) is 5.73 Å². The third-order valence-corrected chi connectivity index (χ3v) is 3.45. The molecule has 0 bridgehead atoms. The number of benzene rings is 1. The molecule has 0 fully saturated rings. The number of fused-ring (bicyclic) bond motifs is 1. The molecule has 7 heteroatoms. The number of rotatable bonds is 1. The molecular formula is C8H6N2O4S. The van der Waals surface area contributed by atoms with Crippen molar-refractivity contribution in [2.75, 3.05) is 0 Å². The second-order valence-corrected chi connectivity index (χ2v) is 4.60. The van der Waals surface area contributed by atoms with Crippen LogP contribution < -0.4 is 10.5 Å². The number of nitrogens with one attached hydrogen (secondary N) is 1. The Kier molecular flexibility index (Phi) is 1.80. The number of carbonyl (C=O) groups is 2. The van der Waals surface area contributed by atoms with Crippen molar-refractivity contribution in [2.45, 2.75) is 4.90 Å². The largest absolute Gasteiger partial charge is 0.366 e. The van der Waals surface area contributed by atoms with Crippen LogP contribution in [0.5, 0.6) is 0 Å². The maximum absolute atomic E-state index is 11.4. The lowest BCUT2D eigenvalue weighted by Gasteiger charge is -2.00. The van der Waals surface area contributed by atoms with Crippen LogP contribution in [-0.4, -0.2) is 20.2 Å². The highest BCUT2D eigenvalue weighted by Crippen LogP contribution is 2.25. The van der Waals surface area contributed by atoms with Crippen LogP contribution in [0.2, 0.25) is 0 Å². The highest BCUT2D eigenvalue weighted by atomic mass is 32.2. The molecule has 0 aliphatic carbocycles. The zero-order chi connectivity index (χ0) is 11.2. The van der Waals surface area contributed by atoms with Crippen LogP contribution in [0.25, 0.3) is 0 Å². The van der Waals surface area contributed by atoms with Crippen LogP contribution in [0.3, 0.4) is 0 Å². The van der Waals surface area contributed by atoms with Crippen LogP contribution in [0, 0.1) is 0 Å². The van der Waals surface area contributed by atoms with Gasteiger partial charge in [0.25, 0.3) is 15.9 Å². The molecule has 0 unspecified atom stereocenters. The minimum Gasteiger partial charge on any atom is -0.366 e. The summed E-state index contributed by atoms with van der Waals surface area (Å²) in [7, 11) is -3.93. The van der Waals surface area contributed by atoms with E-state index in [2.05, 4.69) is 0 Å². The van der Waals surface area contributed by atoms with E-state index >= 15 is 0 Å². The van der Waals surface area contributed by atoms with E-state index in [1.165, 1.54) is 18.2 Å². The van der Waals surface area contributed by atoms with E-state index in [-0.39, 0.29) is 16.0 Å². The molecule has 0 aromatic heterocycles. The maximum atomic E-state index is 11.4. The molecule has 2 amide bonds. The monoisotopic (exact) mass is 226 g/mol. The van der Waals surface area contributed by atoms with Crippen molar-refractivity contribution in [3.8, 4) is 0 Å². The summed E-state index contributed by atoms with van der Waals surface area (Å²) < 4.78 is 24.7. The standard InChI is InChI=1S/C8H6N2O4S/c9-7(11)4-2-1-3-5-6(4)15(13,14)10-8(5)12/h1-3H,(H2,9,11)(H,10,12). The Hall–Kier alpha value is -1.89. The average Bonchev–Trinajstić information content (AvgIpc) is 2.37. The lowest BCUT2D eigenvalue weighted by Crippen LogP contribution is -2.22. The number of carbonyl (C=O) groups excluding carboxylic acids is 2. The van der Waals surface area contributed by atoms with Crippen molar-refractivity contribution in [1.29, 1.82) is 0 Å². The van der Waals surface area contributed by atoms with Crippen LogP contribution in [-0.2, 0) is 10.0 Å². The zero-order valence-electron chi connectivity index (χ0n) is 7.35. The first kappa shape index (κ1) is 9.66. The highest BCUT2D eigenvalue weighted by molar-refractivity contribution is 7.90. The summed E-state index contributed by atoms with van der Waals surface area (Å²) in [4.78, 5) is 21.9. The van der Waals surface area contributed by atoms with E-state index in [9.17, 15) is 18.0 Å². The van der Waals surface area contributed by atoms with E-state index in [1.807, 2.05) is 0 Å². The van der Waals surface area contributed by atoms with E-state index < -0.39 is 21.8 Å². The van der Waals surface area contributed by atoms with Crippen molar-refractivity contribution in [2.24, 2.45) is 5.73 Å². The smallest absolute Gasteiger partial charge is 0.266 e. The molecule has 0 spiro atoms. The predicted molar refractivity (Wildman–Crippen MR) is 49.6 cm³/mol. The van der Waals surface area contributed by atoms with Gasteiger partial charge in [-0.2, -0.15) is 0 Å². The summed E-state index contributed by atoms with van der Waals surface area (Å²) >= 11 is 0. The topological polar surface area (TPSA) is 106 Å². The predicted octanol–water partition coefficient (Wildman–Crippen LogP) is -0.782. The zero-order valence-corrected chi connectivity index (χ0v) is 8.17. The molecular weight excluding hydrogens is 220 g/mol. The number of sulfonamides is 1. The molecule has 15 heavy (non-hydrogen) atoms. The molecule has 3 N–H and O–H groups in total. The normalized spacial score (nSPS) is 16.9. The number of hydrogen-bond donors (Lipinski definition) is 2. The summed E-state index contributed by atoms with van der Waals surface area (Å²) in [6.45, 7) is 0. The SMILES string of the molecule is NC(=O)c1cccc2c1S(=O)(=O)NC2=O. The molecule has 2 rings (SSSR count). The summed E-state index contributed by atoms with van der Waals surface area (Å²) in [6, 6.07) is 3.99. The van der Waals surface area contributed by atoms with Gasteiger partial charge in [0.15, 0.2) is 0 Å². The highest BCUT2D eigenvalue weighted by Gasteiger charge is 2.35. The molecule has 1 aromatic carbocycles. The Morgan fingerprint density at radius 3 is 2.60 bits per heavy atom.